The minimum atomic E-state index is -0.396. The third kappa shape index (κ3) is 3.13. The van der Waals surface area contributed by atoms with Gasteiger partial charge in [0.25, 0.3) is 0 Å². The van der Waals surface area contributed by atoms with Crippen LogP contribution in [0.5, 0.6) is 5.75 Å². The molecule has 0 aliphatic rings. The van der Waals surface area contributed by atoms with Crippen molar-refractivity contribution in [3.8, 4) is 11.4 Å². The number of methoxy groups -OCH3 is 1. The zero-order valence-corrected chi connectivity index (χ0v) is 15.1. The van der Waals surface area contributed by atoms with Crippen LogP contribution in [0.25, 0.3) is 11.3 Å². The van der Waals surface area contributed by atoms with E-state index in [1.807, 2.05) is 6.07 Å². The predicted octanol–water partition coefficient (Wildman–Crippen LogP) is 2.36. The maximum Gasteiger partial charge on any atom is 0.350 e. The van der Waals surface area contributed by atoms with Crippen molar-refractivity contribution in [3.63, 3.8) is 0 Å². The van der Waals surface area contributed by atoms with E-state index >= 15 is 0 Å². The molecule has 27 heavy (non-hydrogen) atoms. The summed E-state index contributed by atoms with van der Waals surface area (Å²) < 4.78 is 9.11. The Kier molecular flexibility index (Phi) is 4.29. The number of halogens is 1. The van der Waals surface area contributed by atoms with E-state index in [1.54, 1.807) is 49.6 Å². The van der Waals surface area contributed by atoms with Gasteiger partial charge in [-0.05, 0) is 29.8 Å². The molecule has 7 nitrogen and oxygen atoms in total. The maximum absolute atomic E-state index is 12.9. The van der Waals surface area contributed by atoms with Crippen molar-refractivity contribution >= 4 is 17.2 Å². The van der Waals surface area contributed by atoms with Crippen LogP contribution < -0.4 is 16.0 Å². The summed E-state index contributed by atoms with van der Waals surface area (Å²) in [6.07, 6.45) is 3.07. The highest BCUT2D eigenvalue weighted by atomic mass is 35.5. The molecule has 0 fully saturated rings. The highest BCUT2D eigenvalue weighted by molar-refractivity contribution is 6.30. The van der Waals surface area contributed by atoms with Gasteiger partial charge in [-0.15, -0.1) is 5.10 Å². The van der Waals surface area contributed by atoms with E-state index in [0.29, 0.717) is 16.5 Å². The minimum Gasteiger partial charge on any atom is -0.497 e. The molecule has 2 aromatic carbocycles. The Labute approximate surface area is 158 Å². The molecule has 0 saturated heterocycles. The van der Waals surface area contributed by atoms with Crippen LogP contribution in [-0.4, -0.2) is 25.9 Å². The summed E-state index contributed by atoms with van der Waals surface area (Å²) in [5.41, 5.74) is 0.708. The first-order valence-corrected chi connectivity index (χ1v) is 8.54. The monoisotopic (exact) mass is 382 g/mol. The molecule has 2 aromatic heterocycles. The van der Waals surface area contributed by atoms with Gasteiger partial charge in [0.1, 0.15) is 5.75 Å². The van der Waals surface area contributed by atoms with E-state index in [1.165, 1.54) is 26.0 Å². The fourth-order valence-corrected chi connectivity index (χ4v) is 3.10. The van der Waals surface area contributed by atoms with Crippen molar-refractivity contribution in [1.82, 2.24) is 18.7 Å². The van der Waals surface area contributed by atoms with E-state index in [-0.39, 0.29) is 17.9 Å². The largest absolute Gasteiger partial charge is 0.497 e. The first kappa shape index (κ1) is 17.1. The van der Waals surface area contributed by atoms with Crippen LogP contribution in [0, 0.1) is 0 Å². The summed E-state index contributed by atoms with van der Waals surface area (Å²) in [7, 11) is 1.56. The van der Waals surface area contributed by atoms with Gasteiger partial charge in [-0.3, -0.25) is 9.36 Å². The Bertz CT molecular complexity index is 1260. The van der Waals surface area contributed by atoms with Gasteiger partial charge in [-0.25, -0.2) is 13.9 Å². The van der Waals surface area contributed by atoms with Crippen LogP contribution >= 0.6 is 11.6 Å². The lowest BCUT2D eigenvalue weighted by molar-refractivity contribution is 0.414. The standard InChI is InChI=1S/C19H15ClN4O3/c1-27-16-7-3-6-15(11-16)22-8-9-23-17(18(22)25)21-24(19(23)26)12-13-4-2-5-14(20)10-13/h2-11H,12H2,1H3. The van der Waals surface area contributed by atoms with Crippen LogP contribution in [0.3, 0.4) is 0 Å². The predicted molar refractivity (Wildman–Crippen MR) is 102 cm³/mol. The Hall–Kier alpha value is -3.32. The molecule has 0 bridgehead atoms. The first-order chi connectivity index (χ1) is 13.1. The van der Waals surface area contributed by atoms with Crippen molar-refractivity contribution in [3.05, 3.63) is 92.3 Å². The van der Waals surface area contributed by atoms with Gasteiger partial charge in [-0.1, -0.05) is 29.8 Å². The van der Waals surface area contributed by atoms with Crippen molar-refractivity contribution in [2.75, 3.05) is 7.11 Å². The molecule has 0 radical (unpaired) electrons. The molecule has 0 amide bonds. The summed E-state index contributed by atoms with van der Waals surface area (Å²) in [6.45, 7) is 0.222. The minimum absolute atomic E-state index is 0.0485. The maximum atomic E-state index is 12.9. The first-order valence-electron chi connectivity index (χ1n) is 8.16. The third-order valence-corrected chi connectivity index (χ3v) is 4.43. The highest BCUT2D eigenvalue weighted by Crippen LogP contribution is 2.15. The second-order valence-electron chi connectivity index (χ2n) is 5.94. The van der Waals surface area contributed by atoms with Gasteiger partial charge in [0.2, 0.25) is 5.65 Å². The Morgan fingerprint density at radius 1 is 1.07 bits per heavy atom. The van der Waals surface area contributed by atoms with Crippen LogP contribution in [0.1, 0.15) is 5.56 Å². The van der Waals surface area contributed by atoms with Gasteiger partial charge in [-0.2, -0.15) is 0 Å². The Morgan fingerprint density at radius 2 is 1.89 bits per heavy atom. The summed E-state index contributed by atoms with van der Waals surface area (Å²) in [6, 6.07) is 14.2. The molecule has 2 heterocycles. The molecule has 0 aliphatic heterocycles. The third-order valence-electron chi connectivity index (χ3n) is 4.20. The molecule has 0 spiro atoms. The molecule has 0 unspecified atom stereocenters. The van der Waals surface area contributed by atoms with Crippen molar-refractivity contribution in [2.24, 2.45) is 0 Å². The number of rotatable bonds is 4. The quantitative estimate of drug-likeness (QED) is 0.543. The molecule has 4 aromatic rings. The second kappa shape index (κ2) is 6.77. The normalized spacial score (nSPS) is 11.0. The zero-order chi connectivity index (χ0) is 19.0. The van der Waals surface area contributed by atoms with Gasteiger partial charge in [0, 0.05) is 23.5 Å². The van der Waals surface area contributed by atoms with Crippen molar-refractivity contribution in [1.29, 1.82) is 0 Å². The van der Waals surface area contributed by atoms with Crippen molar-refractivity contribution < 1.29 is 4.74 Å². The lowest BCUT2D eigenvalue weighted by atomic mass is 10.2. The van der Waals surface area contributed by atoms with Crippen LogP contribution in [0.2, 0.25) is 5.02 Å². The highest BCUT2D eigenvalue weighted by Gasteiger charge is 2.13. The fourth-order valence-electron chi connectivity index (χ4n) is 2.88. The van der Waals surface area contributed by atoms with E-state index < -0.39 is 5.56 Å². The molecule has 8 heteroatoms. The van der Waals surface area contributed by atoms with Gasteiger partial charge in [0.05, 0.1) is 19.3 Å². The van der Waals surface area contributed by atoms with Gasteiger partial charge >= 0.3 is 11.2 Å². The molecule has 136 valence electrons. The molecule has 0 N–H and O–H groups in total. The fraction of sp³-hybridized carbons (Fsp3) is 0.105. The van der Waals surface area contributed by atoms with Crippen LogP contribution in [0.4, 0.5) is 0 Å². The average Bonchev–Trinajstić information content (AvgIpc) is 2.99. The van der Waals surface area contributed by atoms with Gasteiger partial charge < -0.3 is 4.74 Å². The number of aromatic nitrogens is 4. The summed E-state index contributed by atoms with van der Waals surface area (Å²) in [4.78, 5) is 25.4. The zero-order valence-electron chi connectivity index (χ0n) is 14.4. The molecule has 0 atom stereocenters. The number of nitrogens with zero attached hydrogens (tertiary/aromatic N) is 4. The number of benzene rings is 2. The van der Waals surface area contributed by atoms with Crippen LogP contribution in [-0.2, 0) is 6.54 Å². The summed E-state index contributed by atoms with van der Waals surface area (Å²) >= 11 is 5.99. The van der Waals surface area contributed by atoms with Crippen LogP contribution in [0.15, 0.2) is 70.5 Å². The lowest BCUT2D eigenvalue weighted by Gasteiger charge is -2.07. The van der Waals surface area contributed by atoms with E-state index in [2.05, 4.69) is 5.10 Å². The SMILES string of the molecule is COc1cccc(-n2ccn3c(=O)n(Cc4cccc(Cl)c4)nc3c2=O)c1. The van der Waals surface area contributed by atoms with Gasteiger partial charge in [0.15, 0.2) is 0 Å². The average molecular weight is 383 g/mol. The number of hydrogen-bond donors (Lipinski definition) is 0. The summed E-state index contributed by atoms with van der Waals surface area (Å²) in [5.74, 6) is 0.628. The molecular formula is C19H15ClN4O3. The van der Waals surface area contributed by atoms with E-state index in [4.69, 9.17) is 16.3 Å². The molecule has 0 saturated carbocycles. The number of fused-ring (bicyclic) bond motifs is 1. The van der Waals surface area contributed by atoms with E-state index in [0.717, 1.165) is 5.56 Å². The number of ether oxygens (including phenoxy) is 1. The second-order valence-corrected chi connectivity index (χ2v) is 6.37. The topological polar surface area (TPSA) is 70.5 Å². The Balaban J connectivity index is 1.82. The van der Waals surface area contributed by atoms with Crippen molar-refractivity contribution in [2.45, 2.75) is 6.54 Å². The summed E-state index contributed by atoms with van der Waals surface area (Å²) in [5, 5.41) is 4.80. The Morgan fingerprint density at radius 3 is 2.67 bits per heavy atom. The lowest BCUT2D eigenvalue weighted by Crippen LogP contribution is -2.24. The molecular weight excluding hydrogens is 368 g/mol. The number of hydrogen-bond acceptors (Lipinski definition) is 4. The smallest absolute Gasteiger partial charge is 0.350 e. The molecule has 4 rings (SSSR count). The molecule has 0 aliphatic carbocycles. The van der Waals surface area contributed by atoms with E-state index in [9.17, 15) is 9.59 Å².